The minimum atomic E-state index is -0.338. The summed E-state index contributed by atoms with van der Waals surface area (Å²) in [5, 5.41) is 3.47. The number of ether oxygens (including phenoxy) is 2. The summed E-state index contributed by atoms with van der Waals surface area (Å²) in [5.74, 6) is 1.40. The first-order valence-corrected chi connectivity index (χ1v) is 9.45. The van der Waals surface area contributed by atoms with E-state index < -0.39 is 0 Å². The van der Waals surface area contributed by atoms with E-state index in [9.17, 15) is 9.18 Å². The van der Waals surface area contributed by atoms with Gasteiger partial charge in [-0.1, -0.05) is 18.2 Å². The second-order valence-corrected chi connectivity index (χ2v) is 6.81. The number of rotatable bonds is 4. The van der Waals surface area contributed by atoms with Gasteiger partial charge >= 0.3 is 0 Å². The largest absolute Gasteiger partial charge is 0.486 e. The molecular weight excluding hydrogens is 387 g/mol. The fraction of sp³-hybridized carbons (Fsp3) is 0.136. The van der Waals surface area contributed by atoms with E-state index in [0.29, 0.717) is 53.6 Å². The van der Waals surface area contributed by atoms with Gasteiger partial charge in [-0.3, -0.25) is 9.78 Å². The summed E-state index contributed by atoms with van der Waals surface area (Å²) in [4.78, 5) is 24.2. The Morgan fingerprint density at radius 3 is 2.67 bits per heavy atom. The monoisotopic (exact) mass is 404 g/mol. The van der Waals surface area contributed by atoms with Crippen molar-refractivity contribution in [1.29, 1.82) is 0 Å². The molecule has 5 rings (SSSR count). The molecule has 7 nitrogen and oxygen atoms in total. The lowest BCUT2D eigenvalue weighted by Crippen LogP contribution is -2.16. The molecule has 0 amide bonds. The number of benzene rings is 2. The van der Waals surface area contributed by atoms with E-state index in [1.165, 1.54) is 12.1 Å². The molecule has 30 heavy (non-hydrogen) atoms. The zero-order chi connectivity index (χ0) is 20.5. The Bertz CT molecular complexity index is 1290. The van der Waals surface area contributed by atoms with E-state index in [1.807, 2.05) is 18.2 Å². The molecule has 0 saturated heterocycles. The molecule has 0 bridgehead atoms. The Morgan fingerprint density at radius 2 is 1.83 bits per heavy atom. The van der Waals surface area contributed by atoms with E-state index >= 15 is 0 Å². The summed E-state index contributed by atoms with van der Waals surface area (Å²) in [7, 11) is 0. The maximum atomic E-state index is 13.3. The Labute approximate surface area is 170 Å². The van der Waals surface area contributed by atoms with Gasteiger partial charge < -0.3 is 14.8 Å². The van der Waals surface area contributed by atoms with Crippen molar-refractivity contribution in [3.8, 4) is 22.6 Å². The van der Waals surface area contributed by atoms with Gasteiger partial charge in [-0.15, -0.1) is 0 Å². The van der Waals surface area contributed by atoms with E-state index in [4.69, 9.17) is 9.47 Å². The van der Waals surface area contributed by atoms with E-state index in [-0.39, 0.29) is 11.4 Å². The van der Waals surface area contributed by atoms with Gasteiger partial charge in [-0.05, 0) is 47.0 Å². The van der Waals surface area contributed by atoms with Crippen molar-refractivity contribution in [2.75, 3.05) is 18.5 Å². The maximum absolute atomic E-state index is 13.3. The minimum Gasteiger partial charge on any atom is -0.486 e. The van der Waals surface area contributed by atoms with Crippen molar-refractivity contribution in [3.63, 3.8) is 0 Å². The average Bonchev–Trinajstić information content (AvgIpc) is 2.77. The topological polar surface area (TPSA) is 89.1 Å². The molecule has 150 valence electrons. The lowest BCUT2D eigenvalue weighted by Gasteiger charge is -2.19. The molecule has 3 heterocycles. The third kappa shape index (κ3) is 3.43. The molecule has 2 N–H and O–H groups in total. The molecule has 8 heteroatoms. The van der Waals surface area contributed by atoms with Crippen LogP contribution in [0.1, 0.15) is 5.56 Å². The summed E-state index contributed by atoms with van der Waals surface area (Å²) in [6, 6.07) is 13.3. The number of hydrogen-bond acceptors (Lipinski definition) is 6. The molecule has 0 fully saturated rings. The van der Waals surface area contributed by atoms with Crippen LogP contribution in [-0.2, 0) is 6.54 Å². The number of nitrogens with zero attached hydrogens (tertiary/aromatic N) is 2. The molecule has 1 aliphatic rings. The standard InChI is InChI=1S/C22H17FN4O3/c23-15-4-2-14(3-5-15)16-7-8-24-20-19(16)21(28)27-22(26-20)25-12-13-1-6-17-18(11-13)30-10-9-29-17/h1-8,11H,9-10,12H2,(H2,24,25,26,27,28). The molecule has 0 radical (unpaired) electrons. The van der Waals surface area contributed by atoms with Crippen LogP contribution < -0.4 is 20.3 Å². The van der Waals surface area contributed by atoms with Crippen molar-refractivity contribution in [2.45, 2.75) is 6.54 Å². The van der Waals surface area contributed by atoms with Crippen LogP contribution in [0.25, 0.3) is 22.2 Å². The van der Waals surface area contributed by atoms with Crippen LogP contribution >= 0.6 is 0 Å². The quantitative estimate of drug-likeness (QED) is 0.541. The third-order valence-corrected chi connectivity index (χ3v) is 4.83. The highest BCUT2D eigenvalue weighted by atomic mass is 19.1. The van der Waals surface area contributed by atoms with Crippen LogP contribution in [0.15, 0.2) is 59.5 Å². The second-order valence-electron chi connectivity index (χ2n) is 6.81. The lowest BCUT2D eigenvalue weighted by atomic mass is 10.0. The minimum absolute atomic E-state index is 0.310. The van der Waals surface area contributed by atoms with Crippen molar-refractivity contribution in [2.24, 2.45) is 0 Å². The van der Waals surface area contributed by atoms with Crippen molar-refractivity contribution < 1.29 is 13.9 Å². The van der Waals surface area contributed by atoms with E-state index in [0.717, 1.165) is 11.3 Å². The van der Waals surface area contributed by atoms with E-state index in [2.05, 4.69) is 20.3 Å². The second kappa shape index (κ2) is 7.47. The van der Waals surface area contributed by atoms with Gasteiger partial charge in [0.15, 0.2) is 17.1 Å². The smallest absolute Gasteiger partial charge is 0.262 e. The van der Waals surface area contributed by atoms with Crippen LogP contribution in [0.5, 0.6) is 11.5 Å². The average molecular weight is 404 g/mol. The van der Waals surface area contributed by atoms with Crippen LogP contribution in [0.2, 0.25) is 0 Å². The van der Waals surface area contributed by atoms with Gasteiger partial charge in [-0.25, -0.2) is 9.37 Å². The zero-order valence-corrected chi connectivity index (χ0v) is 15.8. The van der Waals surface area contributed by atoms with Crippen LogP contribution in [0.3, 0.4) is 0 Å². The molecule has 4 aromatic rings. The molecule has 1 aliphatic heterocycles. The number of H-pyrrole nitrogens is 1. The fourth-order valence-corrected chi connectivity index (χ4v) is 3.40. The lowest BCUT2D eigenvalue weighted by molar-refractivity contribution is 0.171. The highest BCUT2D eigenvalue weighted by Crippen LogP contribution is 2.31. The SMILES string of the molecule is O=c1[nH]c(NCc2ccc3c(c2)OCCO3)nc2nccc(-c3ccc(F)cc3)c12. The molecular formula is C22H17FN4O3. The van der Waals surface area contributed by atoms with E-state index in [1.54, 1.807) is 24.4 Å². The van der Waals surface area contributed by atoms with Crippen LogP contribution in [-0.4, -0.2) is 28.2 Å². The number of halogens is 1. The van der Waals surface area contributed by atoms with Crippen molar-refractivity contribution in [3.05, 3.63) is 76.5 Å². The normalized spacial score (nSPS) is 12.7. The molecule has 2 aromatic heterocycles. The molecule has 2 aromatic carbocycles. The molecule has 0 saturated carbocycles. The highest BCUT2D eigenvalue weighted by molar-refractivity contribution is 5.92. The van der Waals surface area contributed by atoms with Crippen LogP contribution in [0.4, 0.5) is 10.3 Å². The predicted octanol–water partition coefficient (Wildman–Crippen LogP) is 3.51. The molecule has 0 unspecified atom stereocenters. The Hall–Kier alpha value is -3.94. The summed E-state index contributed by atoms with van der Waals surface area (Å²) in [6.45, 7) is 1.49. The van der Waals surface area contributed by atoms with Crippen molar-refractivity contribution >= 4 is 17.0 Å². The number of anilines is 1. The van der Waals surface area contributed by atoms with Gasteiger partial charge in [-0.2, -0.15) is 4.98 Å². The van der Waals surface area contributed by atoms with Gasteiger partial charge in [0.2, 0.25) is 5.95 Å². The maximum Gasteiger partial charge on any atom is 0.262 e. The Balaban J connectivity index is 1.44. The fourth-order valence-electron chi connectivity index (χ4n) is 3.40. The number of hydrogen-bond donors (Lipinski definition) is 2. The summed E-state index contributed by atoms with van der Waals surface area (Å²) < 4.78 is 24.4. The van der Waals surface area contributed by atoms with Crippen LogP contribution in [0, 0.1) is 5.82 Å². The first-order chi connectivity index (χ1) is 14.7. The number of fused-ring (bicyclic) bond motifs is 2. The summed E-state index contributed by atoms with van der Waals surface area (Å²) >= 11 is 0. The van der Waals surface area contributed by atoms with Crippen molar-refractivity contribution in [1.82, 2.24) is 15.0 Å². The Kier molecular flexibility index (Phi) is 4.51. The number of nitrogens with one attached hydrogen (secondary N) is 2. The summed E-state index contributed by atoms with van der Waals surface area (Å²) in [6.07, 6.45) is 1.58. The first-order valence-electron chi connectivity index (χ1n) is 9.45. The third-order valence-electron chi connectivity index (χ3n) is 4.83. The number of aromatic amines is 1. The first kappa shape index (κ1) is 18.1. The molecule has 0 atom stereocenters. The predicted molar refractivity (Wildman–Crippen MR) is 110 cm³/mol. The Morgan fingerprint density at radius 1 is 1.03 bits per heavy atom. The van der Waals surface area contributed by atoms with Gasteiger partial charge in [0.25, 0.3) is 5.56 Å². The van der Waals surface area contributed by atoms with Gasteiger partial charge in [0, 0.05) is 12.7 Å². The summed E-state index contributed by atoms with van der Waals surface area (Å²) in [5.41, 5.74) is 2.30. The zero-order valence-electron chi connectivity index (χ0n) is 15.8. The van der Waals surface area contributed by atoms with Gasteiger partial charge in [0.1, 0.15) is 19.0 Å². The number of pyridine rings is 1. The number of aromatic nitrogens is 3. The molecule has 0 spiro atoms. The molecule has 0 aliphatic carbocycles. The van der Waals surface area contributed by atoms with Gasteiger partial charge in [0.05, 0.1) is 5.39 Å². The highest BCUT2D eigenvalue weighted by Gasteiger charge is 2.13.